The molecule has 3 rings (SSSR count). The van der Waals surface area contributed by atoms with Crippen molar-refractivity contribution in [1.29, 1.82) is 0 Å². The van der Waals surface area contributed by atoms with Gasteiger partial charge in [0.1, 0.15) is 6.04 Å². The molecule has 0 aliphatic carbocycles. The molecule has 5 heteroatoms. The summed E-state index contributed by atoms with van der Waals surface area (Å²) in [6.45, 7) is 4.63. The minimum atomic E-state index is -0.618. The molecule has 2 amide bonds. The Bertz CT molecular complexity index is 1000. The van der Waals surface area contributed by atoms with E-state index in [1.54, 1.807) is 17.9 Å². The van der Waals surface area contributed by atoms with E-state index in [1.807, 2.05) is 85.8 Å². The van der Waals surface area contributed by atoms with Crippen LogP contribution in [0.3, 0.4) is 0 Å². The molecular weight excluding hydrogens is 432 g/mol. The van der Waals surface area contributed by atoms with Crippen LogP contribution in [0.4, 0.5) is 0 Å². The Morgan fingerprint density at radius 3 is 1.97 bits per heavy atom. The summed E-state index contributed by atoms with van der Waals surface area (Å²) >= 11 is 6.40. The van der Waals surface area contributed by atoms with Gasteiger partial charge in [0, 0.05) is 30.5 Å². The molecule has 0 radical (unpaired) electrons. The van der Waals surface area contributed by atoms with Crippen LogP contribution in [0, 0.1) is 0 Å². The van der Waals surface area contributed by atoms with Crippen molar-refractivity contribution in [3.05, 3.63) is 107 Å². The van der Waals surface area contributed by atoms with Gasteiger partial charge < -0.3 is 10.2 Å². The van der Waals surface area contributed by atoms with Gasteiger partial charge in [0.2, 0.25) is 11.8 Å². The predicted molar refractivity (Wildman–Crippen MR) is 134 cm³/mol. The van der Waals surface area contributed by atoms with Crippen molar-refractivity contribution in [2.75, 3.05) is 6.54 Å². The molecule has 0 spiro atoms. The average molecular weight is 463 g/mol. The minimum absolute atomic E-state index is 0.0909. The number of benzene rings is 3. The summed E-state index contributed by atoms with van der Waals surface area (Å²) in [7, 11) is 0. The van der Waals surface area contributed by atoms with Crippen molar-refractivity contribution in [3.63, 3.8) is 0 Å². The van der Waals surface area contributed by atoms with Crippen LogP contribution >= 0.6 is 11.6 Å². The number of hydrogen-bond donors (Lipinski definition) is 1. The Labute approximate surface area is 201 Å². The van der Waals surface area contributed by atoms with Crippen molar-refractivity contribution in [2.45, 2.75) is 45.2 Å². The van der Waals surface area contributed by atoms with Crippen LogP contribution < -0.4 is 5.32 Å². The molecule has 0 heterocycles. The zero-order valence-electron chi connectivity index (χ0n) is 19.2. The number of hydrogen-bond acceptors (Lipinski definition) is 2. The molecule has 0 aromatic heterocycles. The summed E-state index contributed by atoms with van der Waals surface area (Å²) in [4.78, 5) is 28.2. The molecule has 0 aliphatic heterocycles. The molecular formula is C28H31ClN2O2. The highest BCUT2D eigenvalue weighted by Gasteiger charge is 2.29. The summed E-state index contributed by atoms with van der Waals surface area (Å²) in [5.41, 5.74) is 2.95. The van der Waals surface area contributed by atoms with E-state index >= 15 is 0 Å². The Morgan fingerprint density at radius 1 is 0.879 bits per heavy atom. The molecule has 172 valence electrons. The van der Waals surface area contributed by atoms with Crippen molar-refractivity contribution >= 4 is 23.4 Å². The van der Waals surface area contributed by atoms with Crippen LogP contribution in [-0.4, -0.2) is 29.3 Å². The molecule has 0 fully saturated rings. The fourth-order valence-corrected chi connectivity index (χ4v) is 4.07. The van der Waals surface area contributed by atoms with E-state index < -0.39 is 6.04 Å². The third kappa shape index (κ3) is 6.69. The topological polar surface area (TPSA) is 49.4 Å². The highest BCUT2D eigenvalue weighted by atomic mass is 35.5. The maximum atomic E-state index is 13.7. The first kappa shape index (κ1) is 24.5. The van der Waals surface area contributed by atoms with Crippen LogP contribution in [0.1, 0.15) is 49.3 Å². The van der Waals surface area contributed by atoms with Gasteiger partial charge in [0.25, 0.3) is 0 Å². The Hall–Kier alpha value is -3.11. The average Bonchev–Trinajstić information content (AvgIpc) is 2.85. The maximum Gasteiger partial charge on any atom is 0.242 e. The molecule has 0 bridgehead atoms. The molecule has 1 atom stereocenters. The number of rotatable bonds is 10. The number of carbonyl (C=O) groups is 2. The molecule has 1 N–H and O–H groups in total. The second kappa shape index (κ2) is 12.2. The van der Waals surface area contributed by atoms with Crippen LogP contribution in [0.5, 0.6) is 0 Å². The highest BCUT2D eigenvalue weighted by molar-refractivity contribution is 6.31. The van der Waals surface area contributed by atoms with E-state index in [1.165, 1.54) is 0 Å². The lowest BCUT2D eigenvalue weighted by atomic mass is 9.88. The second-order valence-corrected chi connectivity index (χ2v) is 8.57. The van der Waals surface area contributed by atoms with Crippen LogP contribution in [0.2, 0.25) is 5.02 Å². The molecule has 0 aliphatic rings. The van der Waals surface area contributed by atoms with E-state index in [9.17, 15) is 9.59 Å². The van der Waals surface area contributed by atoms with Gasteiger partial charge in [0.05, 0.1) is 0 Å². The van der Waals surface area contributed by atoms with Crippen molar-refractivity contribution in [1.82, 2.24) is 10.2 Å². The molecule has 33 heavy (non-hydrogen) atoms. The lowest BCUT2D eigenvalue weighted by molar-refractivity contribution is -0.140. The highest BCUT2D eigenvalue weighted by Crippen LogP contribution is 2.30. The quantitative estimate of drug-likeness (QED) is 0.413. The molecule has 4 nitrogen and oxygen atoms in total. The molecule has 0 saturated heterocycles. The standard InChI is InChI=1S/C28H31ClN2O2/c1-3-18-30-28(33)21(2)31(20-24-16-10-11-17-26(24)29)27(32)19-25(22-12-6-4-7-13-22)23-14-8-5-9-15-23/h4-17,21,25H,3,18-20H2,1-2H3,(H,30,33)/t21-/m1/s1. The van der Waals surface area contributed by atoms with E-state index in [4.69, 9.17) is 11.6 Å². The molecule has 0 unspecified atom stereocenters. The van der Waals surface area contributed by atoms with E-state index in [2.05, 4.69) is 5.32 Å². The van der Waals surface area contributed by atoms with Gasteiger partial charge in [-0.05, 0) is 36.1 Å². The third-order valence-corrected chi connectivity index (χ3v) is 6.17. The second-order valence-electron chi connectivity index (χ2n) is 8.16. The monoisotopic (exact) mass is 462 g/mol. The maximum absolute atomic E-state index is 13.7. The fourth-order valence-electron chi connectivity index (χ4n) is 3.88. The van der Waals surface area contributed by atoms with Crippen LogP contribution in [0.15, 0.2) is 84.9 Å². The zero-order valence-corrected chi connectivity index (χ0v) is 20.0. The Balaban J connectivity index is 1.91. The minimum Gasteiger partial charge on any atom is -0.354 e. The first-order chi connectivity index (χ1) is 16.0. The van der Waals surface area contributed by atoms with E-state index in [0.717, 1.165) is 23.1 Å². The largest absolute Gasteiger partial charge is 0.354 e. The Kier molecular flexibility index (Phi) is 9.08. The first-order valence-corrected chi connectivity index (χ1v) is 11.8. The van der Waals surface area contributed by atoms with Gasteiger partial charge in [0.15, 0.2) is 0 Å². The molecule has 0 saturated carbocycles. The third-order valence-electron chi connectivity index (χ3n) is 5.80. The predicted octanol–water partition coefficient (Wildman–Crippen LogP) is 5.81. The Morgan fingerprint density at radius 2 is 1.42 bits per heavy atom. The normalized spacial score (nSPS) is 11.8. The fraction of sp³-hybridized carbons (Fsp3) is 0.286. The van der Waals surface area contributed by atoms with Gasteiger partial charge in [-0.15, -0.1) is 0 Å². The van der Waals surface area contributed by atoms with E-state index in [-0.39, 0.29) is 30.7 Å². The zero-order chi connectivity index (χ0) is 23.6. The van der Waals surface area contributed by atoms with Crippen molar-refractivity contribution in [3.8, 4) is 0 Å². The van der Waals surface area contributed by atoms with E-state index in [0.29, 0.717) is 11.6 Å². The van der Waals surface area contributed by atoms with Crippen molar-refractivity contribution in [2.24, 2.45) is 0 Å². The van der Waals surface area contributed by atoms with Gasteiger partial charge >= 0.3 is 0 Å². The summed E-state index contributed by atoms with van der Waals surface area (Å²) in [5, 5.41) is 3.50. The number of nitrogens with zero attached hydrogens (tertiary/aromatic N) is 1. The lowest BCUT2D eigenvalue weighted by Crippen LogP contribution is -2.48. The lowest BCUT2D eigenvalue weighted by Gasteiger charge is -2.31. The van der Waals surface area contributed by atoms with Gasteiger partial charge in [-0.1, -0.05) is 97.4 Å². The first-order valence-electron chi connectivity index (χ1n) is 11.4. The van der Waals surface area contributed by atoms with Gasteiger partial charge in [-0.3, -0.25) is 9.59 Å². The van der Waals surface area contributed by atoms with Crippen LogP contribution in [-0.2, 0) is 16.1 Å². The van der Waals surface area contributed by atoms with Crippen molar-refractivity contribution < 1.29 is 9.59 Å². The molecule has 3 aromatic rings. The molecule has 3 aromatic carbocycles. The van der Waals surface area contributed by atoms with Crippen LogP contribution in [0.25, 0.3) is 0 Å². The summed E-state index contributed by atoms with van der Waals surface area (Å²) in [6, 6.07) is 26.9. The number of amides is 2. The summed E-state index contributed by atoms with van der Waals surface area (Å²) in [5.74, 6) is -0.362. The smallest absolute Gasteiger partial charge is 0.242 e. The number of carbonyl (C=O) groups excluding carboxylic acids is 2. The number of halogens is 1. The summed E-state index contributed by atoms with van der Waals surface area (Å²) < 4.78 is 0. The summed E-state index contributed by atoms with van der Waals surface area (Å²) in [6.07, 6.45) is 1.09. The number of nitrogens with one attached hydrogen (secondary N) is 1. The van der Waals surface area contributed by atoms with Gasteiger partial charge in [-0.2, -0.15) is 0 Å². The van der Waals surface area contributed by atoms with Gasteiger partial charge in [-0.25, -0.2) is 0 Å². The SMILES string of the molecule is CCCNC(=O)[C@@H](C)N(Cc1ccccc1Cl)C(=O)CC(c1ccccc1)c1ccccc1.